The number of sulfonamides is 1. The van der Waals surface area contributed by atoms with Gasteiger partial charge in [0, 0.05) is 24.0 Å². The quantitative estimate of drug-likeness (QED) is 0.793. The Bertz CT molecular complexity index is 692. The molecule has 7 heteroatoms. The molecule has 0 atom stereocenters. The van der Waals surface area contributed by atoms with Crippen LogP contribution in [0.3, 0.4) is 0 Å². The Morgan fingerprint density at radius 1 is 1.00 bits per heavy atom. The number of anilines is 1. The van der Waals surface area contributed by atoms with Crippen molar-refractivity contribution in [2.24, 2.45) is 0 Å². The molecule has 5 nitrogen and oxygen atoms in total. The van der Waals surface area contributed by atoms with Crippen LogP contribution < -0.4 is 5.32 Å². The Morgan fingerprint density at radius 2 is 1.62 bits per heavy atom. The van der Waals surface area contributed by atoms with Crippen LogP contribution in [0.1, 0.15) is 51.4 Å². The number of nitrogens with zero attached hydrogens (tertiary/aromatic N) is 1. The van der Waals surface area contributed by atoms with Gasteiger partial charge < -0.3 is 5.32 Å². The van der Waals surface area contributed by atoms with E-state index in [1.54, 1.807) is 40.3 Å². The van der Waals surface area contributed by atoms with E-state index < -0.39 is 10.0 Å². The van der Waals surface area contributed by atoms with Crippen molar-refractivity contribution >= 4 is 33.4 Å². The van der Waals surface area contributed by atoms with Gasteiger partial charge in [-0.15, -0.1) is 11.8 Å². The van der Waals surface area contributed by atoms with E-state index in [9.17, 15) is 13.2 Å². The first-order valence-corrected chi connectivity index (χ1v) is 12.1. The van der Waals surface area contributed by atoms with E-state index in [-0.39, 0.29) is 5.91 Å². The van der Waals surface area contributed by atoms with E-state index in [1.807, 2.05) is 0 Å². The van der Waals surface area contributed by atoms with Gasteiger partial charge in [-0.25, -0.2) is 8.42 Å². The zero-order chi connectivity index (χ0) is 18.4. The topological polar surface area (TPSA) is 66.5 Å². The van der Waals surface area contributed by atoms with E-state index in [0.717, 1.165) is 19.3 Å². The molecule has 0 spiro atoms. The number of thioether (sulfide) groups is 1. The standard InChI is InChI=1S/C19H28N2O3S2/c22-19(15-25-17-7-3-1-4-8-17)20-16-9-11-18(12-10-16)26(23,24)21-13-5-2-6-14-21/h9-12,17H,1-8,13-15H2,(H,20,22). The molecule has 1 aromatic rings. The average molecular weight is 397 g/mol. The van der Waals surface area contributed by atoms with Gasteiger partial charge in [-0.3, -0.25) is 4.79 Å². The molecule has 1 saturated heterocycles. The van der Waals surface area contributed by atoms with Gasteiger partial charge in [0.15, 0.2) is 0 Å². The van der Waals surface area contributed by atoms with Crippen LogP contribution in [0.25, 0.3) is 0 Å². The van der Waals surface area contributed by atoms with Gasteiger partial charge in [0.05, 0.1) is 10.6 Å². The Balaban J connectivity index is 1.52. The molecule has 1 saturated carbocycles. The maximum absolute atomic E-state index is 12.6. The van der Waals surface area contributed by atoms with Crippen LogP contribution in [0.4, 0.5) is 5.69 Å². The number of nitrogens with one attached hydrogen (secondary N) is 1. The summed E-state index contributed by atoms with van der Waals surface area (Å²) in [4.78, 5) is 12.4. The van der Waals surface area contributed by atoms with Gasteiger partial charge >= 0.3 is 0 Å². The number of hydrogen-bond acceptors (Lipinski definition) is 4. The summed E-state index contributed by atoms with van der Waals surface area (Å²) < 4.78 is 26.8. The fourth-order valence-corrected chi connectivity index (χ4v) is 6.23. The summed E-state index contributed by atoms with van der Waals surface area (Å²) in [5.74, 6) is 0.436. The third-order valence-electron chi connectivity index (χ3n) is 5.09. The van der Waals surface area contributed by atoms with Crippen LogP contribution in [0.15, 0.2) is 29.2 Å². The zero-order valence-corrected chi connectivity index (χ0v) is 16.8. The second-order valence-corrected chi connectivity index (χ2v) is 10.3. The molecule has 2 fully saturated rings. The van der Waals surface area contributed by atoms with Gasteiger partial charge in [0.25, 0.3) is 0 Å². The van der Waals surface area contributed by atoms with Crippen molar-refractivity contribution in [1.29, 1.82) is 0 Å². The molecule has 1 amide bonds. The van der Waals surface area contributed by atoms with Crippen molar-refractivity contribution in [3.05, 3.63) is 24.3 Å². The number of carbonyl (C=O) groups excluding carboxylic acids is 1. The lowest BCUT2D eigenvalue weighted by atomic mass is 10.0. The van der Waals surface area contributed by atoms with Crippen molar-refractivity contribution < 1.29 is 13.2 Å². The fourth-order valence-electron chi connectivity index (χ4n) is 3.59. The molecule has 0 unspecified atom stereocenters. The smallest absolute Gasteiger partial charge is 0.243 e. The summed E-state index contributed by atoms with van der Waals surface area (Å²) in [7, 11) is -3.42. The van der Waals surface area contributed by atoms with Crippen molar-refractivity contribution in [3.8, 4) is 0 Å². The van der Waals surface area contributed by atoms with Crippen LogP contribution in [0.2, 0.25) is 0 Å². The van der Waals surface area contributed by atoms with E-state index in [0.29, 0.717) is 34.7 Å². The normalized spacial score (nSPS) is 20.0. The second-order valence-electron chi connectivity index (χ2n) is 7.11. The highest BCUT2D eigenvalue weighted by Crippen LogP contribution is 2.28. The van der Waals surface area contributed by atoms with Gasteiger partial charge in [-0.2, -0.15) is 4.31 Å². The van der Waals surface area contributed by atoms with E-state index in [4.69, 9.17) is 0 Å². The lowest BCUT2D eigenvalue weighted by Gasteiger charge is -2.25. The number of benzene rings is 1. The lowest BCUT2D eigenvalue weighted by molar-refractivity contribution is -0.113. The summed E-state index contributed by atoms with van der Waals surface area (Å²) in [5, 5.41) is 3.47. The Labute approximate surface area is 161 Å². The van der Waals surface area contributed by atoms with E-state index in [1.165, 1.54) is 32.1 Å². The predicted octanol–water partition coefficient (Wildman–Crippen LogP) is 3.87. The van der Waals surface area contributed by atoms with Gasteiger partial charge in [-0.1, -0.05) is 25.7 Å². The molecule has 0 bridgehead atoms. The van der Waals surface area contributed by atoms with E-state index in [2.05, 4.69) is 5.32 Å². The first kappa shape index (κ1) is 19.7. The highest BCUT2D eigenvalue weighted by Gasteiger charge is 2.25. The first-order valence-electron chi connectivity index (χ1n) is 9.57. The van der Waals surface area contributed by atoms with Crippen LogP contribution in [0.5, 0.6) is 0 Å². The highest BCUT2D eigenvalue weighted by atomic mass is 32.2. The van der Waals surface area contributed by atoms with Gasteiger partial charge in [0.2, 0.25) is 15.9 Å². The summed E-state index contributed by atoms with van der Waals surface area (Å²) >= 11 is 1.74. The third-order valence-corrected chi connectivity index (χ3v) is 8.38. The molecule has 3 rings (SSSR count). The molecule has 144 valence electrons. The molecular weight excluding hydrogens is 368 g/mol. The largest absolute Gasteiger partial charge is 0.325 e. The van der Waals surface area contributed by atoms with Crippen molar-refractivity contribution in [1.82, 2.24) is 4.31 Å². The fraction of sp³-hybridized carbons (Fsp3) is 0.632. The number of carbonyl (C=O) groups is 1. The Kier molecular flexibility index (Phi) is 7.00. The monoisotopic (exact) mass is 396 g/mol. The Morgan fingerprint density at radius 3 is 2.27 bits per heavy atom. The molecule has 0 radical (unpaired) electrons. The van der Waals surface area contributed by atoms with Crippen molar-refractivity contribution in [2.75, 3.05) is 24.2 Å². The summed E-state index contributed by atoms with van der Waals surface area (Å²) in [6, 6.07) is 6.54. The number of piperidine rings is 1. The number of amides is 1. The molecule has 26 heavy (non-hydrogen) atoms. The summed E-state index contributed by atoms with van der Waals surface area (Å²) in [6.45, 7) is 1.19. The lowest BCUT2D eigenvalue weighted by Crippen LogP contribution is -2.35. The van der Waals surface area contributed by atoms with Gasteiger partial charge in [0.1, 0.15) is 0 Å². The molecule has 1 aliphatic carbocycles. The molecule has 1 aromatic carbocycles. The Hall–Kier alpha value is -1.05. The van der Waals surface area contributed by atoms with Crippen LogP contribution in [-0.4, -0.2) is 42.7 Å². The first-order chi connectivity index (χ1) is 12.6. The molecule has 1 N–H and O–H groups in total. The van der Waals surface area contributed by atoms with E-state index >= 15 is 0 Å². The molecule has 1 aliphatic heterocycles. The highest BCUT2D eigenvalue weighted by molar-refractivity contribution is 8.00. The minimum atomic E-state index is -3.42. The van der Waals surface area contributed by atoms with Crippen LogP contribution in [0, 0.1) is 0 Å². The minimum Gasteiger partial charge on any atom is -0.325 e. The molecule has 0 aromatic heterocycles. The summed E-state index contributed by atoms with van der Waals surface area (Å²) in [5.41, 5.74) is 0.650. The minimum absolute atomic E-state index is 0.0211. The molecule has 1 heterocycles. The van der Waals surface area contributed by atoms with Crippen LogP contribution >= 0.6 is 11.8 Å². The average Bonchev–Trinajstić information content (AvgIpc) is 2.68. The predicted molar refractivity (Wildman–Crippen MR) is 107 cm³/mol. The maximum Gasteiger partial charge on any atom is 0.243 e. The SMILES string of the molecule is O=C(CSC1CCCCC1)Nc1ccc(S(=O)(=O)N2CCCCC2)cc1. The van der Waals surface area contributed by atoms with Gasteiger partial charge in [-0.05, 0) is 49.9 Å². The maximum atomic E-state index is 12.6. The number of hydrogen-bond donors (Lipinski definition) is 1. The number of rotatable bonds is 6. The molecular formula is C19H28N2O3S2. The second kappa shape index (κ2) is 9.24. The summed E-state index contributed by atoms with van der Waals surface area (Å²) in [6.07, 6.45) is 9.21. The molecule has 2 aliphatic rings. The van der Waals surface area contributed by atoms with Crippen molar-refractivity contribution in [2.45, 2.75) is 61.5 Å². The zero-order valence-electron chi connectivity index (χ0n) is 15.2. The van der Waals surface area contributed by atoms with Crippen LogP contribution in [-0.2, 0) is 14.8 Å². The van der Waals surface area contributed by atoms with Crippen molar-refractivity contribution in [3.63, 3.8) is 0 Å². The third kappa shape index (κ3) is 5.24.